The highest BCUT2D eigenvalue weighted by Gasteiger charge is 2.59. The Labute approximate surface area is 206 Å². The first-order valence-electron chi connectivity index (χ1n) is 11.1. The minimum absolute atomic E-state index is 0.0701. The standard InChI is InChI=1S/C26H20ClN5O3/c1-35-25(34)31-14-26(15-31)20-6-9-29-12-22(20)32(24(26)33)13-21-23(16-4-7-28-8-5-16)19-3-2-18(27)10-17(19)11-30-21/h2-12H,13-15H2,1H3. The van der Waals surface area contributed by atoms with Crippen molar-refractivity contribution < 1.29 is 14.3 Å². The Kier molecular flexibility index (Phi) is 4.93. The SMILES string of the molecule is COC(=O)N1CC2(C1)C(=O)N(Cc1ncc3cc(Cl)ccc3c1-c1ccncc1)c1cnccc12. The van der Waals surface area contributed by atoms with Gasteiger partial charge in [-0.1, -0.05) is 17.7 Å². The third-order valence-corrected chi connectivity index (χ3v) is 7.06. The molecule has 0 N–H and O–H groups in total. The van der Waals surface area contributed by atoms with Crippen LogP contribution in [0.1, 0.15) is 11.3 Å². The van der Waals surface area contributed by atoms with Crippen molar-refractivity contribution in [2.24, 2.45) is 0 Å². The number of rotatable bonds is 3. The molecule has 0 aliphatic carbocycles. The fourth-order valence-electron chi connectivity index (χ4n) is 5.16. The highest BCUT2D eigenvalue weighted by Crippen LogP contribution is 2.48. The minimum atomic E-state index is -0.798. The lowest BCUT2D eigenvalue weighted by molar-refractivity contribution is -0.128. The van der Waals surface area contributed by atoms with E-state index in [0.717, 1.165) is 38.8 Å². The van der Waals surface area contributed by atoms with Gasteiger partial charge in [-0.15, -0.1) is 0 Å². The van der Waals surface area contributed by atoms with Crippen molar-refractivity contribution in [3.05, 3.63) is 83.7 Å². The quantitative estimate of drug-likeness (QED) is 0.432. The number of halogens is 1. The molecule has 35 heavy (non-hydrogen) atoms. The summed E-state index contributed by atoms with van der Waals surface area (Å²) in [5.74, 6) is -0.0701. The van der Waals surface area contributed by atoms with Crippen LogP contribution in [0.5, 0.6) is 0 Å². The number of benzene rings is 1. The van der Waals surface area contributed by atoms with Crippen molar-refractivity contribution in [1.82, 2.24) is 19.9 Å². The van der Waals surface area contributed by atoms with Gasteiger partial charge in [0, 0.05) is 53.8 Å². The van der Waals surface area contributed by atoms with Gasteiger partial charge in [-0.3, -0.25) is 19.7 Å². The van der Waals surface area contributed by atoms with Crippen molar-refractivity contribution in [3.63, 3.8) is 0 Å². The molecule has 0 saturated carbocycles. The summed E-state index contributed by atoms with van der Waals surface area (Å²) in [4.78, 5) is 42.3. The number of carbonyl (C=O) groups is 2. The molecule has 1 saturated heterocycles. The van der Waals surface area contributed by atoms with Crippen LogP contribution in [-0.2, 0) is 21.5 Å². The lowest BCUT2D eigenvalue weighted by atomic mass is 9.75. The fraction of sp³-hybridized carbons (Fsp3) is 0.192. The van der Waals surface area contributed by atoms with Crippen LogP contribution in [0, 0.1) is 0 Å². The van der Waals surface area contributed by atoms with E-state index in [0.29, 0.717) is 5.02 Å². The molecule has 2 aliphatic heterocycles. The van der Waals surface area contributed by atoms with Gasteiger partial charge in [-0.2, -0.15) is 0 Å². The van der Waals surface area contributed by atoms with E-state index >= 15 is 0 Å². The summed E-state index contributed by atoms with van der Waals surface area (Å²) < 4.78 is 4.84. The summed E-state index contributed by atoms with van der Waals surface area (Å²) in [7, 11) is 1.34. The third kappa shape index (κ3) is 3.24. The second-order valence-corrected chi connectivity index (χ2v) is 9.18. The molecule has 6 rings (SSSR count). The van der Waals surface area contributed by atoms with E-state index in [1.165, 1.54) is 12.0 Å². The summed E-state index contributed by atoms with van der Waals surface area (Å²) in [5, 5.41) is 2.52. The Bertz CT molecular complexity index is 1490. The van der Waals surface area contributed by atoms with Crippen molar-refractivity contribution >= 4 is 40.1 Å². The normalized spacial score (nSPS) is 15.9. The van der Waals surface area contributed by atoms with Gasteiger partial charge >= 0.3 is 6.09 Å². The smallest absolute Gasteiger partial charge is 0.409 e. The number of aromatic nitrogens is 3. The highest BCUT2D eigenvalue weighted by molar-refractivity contribution is 6.31. The van der Waals surface area contributed by atoms with Gasteiger partial charge in [0.1, 0.15) is 5.41 Å². The molecule has 8 nitrogen and oxygen atoms in total. The summed E-state index contributed by atoms with van der Waals surface area (Å²) in [5.41, 5.74) is 3.43. The van der Waals surface area contributed by atoms with Crippen LogP contribution in [0.2, 0.25) is 5.02 Å². The number of likely N-dealkylation sites (tertiary alicyclic amines) is 1. The number of anilines is 1. The Balaban J connectivity index is 1.44. The topological polar surface area (TPSA) is 88.5 Å². The van der Waals surface area contributed by atoms with Crippen LogP contribution >= 0.6 is 11.6 Å². The van der Waals surface area contributed by atoms with Crippen molar-refractivity contribution in [2.45, 2.75) is 12.0 Å². The van der Waals surface area contributed by atoms with Crippen LogP contribution in [0.25, 0.3) is 21.9 Å². The van der Waals surface area contributed by atoms with Gasteiger partial charge in [-0.05, 0) is 46.8 Å². The zero-order chi connectivity index (χ0) is 24.2. The first kappa shape index (κ1) is 21.5. The third-order valence-electron chi connectivity index (χ3n) is 6.82. The molecule has 0 radical (unpaired) electrons. The van der Waals surface area contributed by atoms with Gasteiger partial charge in [0.2, 0.25) is 5.91 Å². The molecule has 0 atom stereocenters. The molecule has 2 amide bonds. The molecule has 1 fully saturated rings. The zero-order valence-corrected chi connectivity index (χ0v) is 19.6. The molecule has 0 unspecified atom stereocenters. The molecule has 4 aromatic rings. The Hall–Kier alpha value is -4.04. The lowest BCUT2D eigenvalue weighted by Gasteiger charge is -2.45. The van der Waals surface area contributed by atoms with E-state index in [1.54, 1.807) is 35.9 Å². The van der Waals surface area contributed by atoms with Crippen LogP contribution in [0.15, 0.2) is 67.4 Å². The van der Waals surface area contributed by atoms with Gasteiger partial charge in [0.05, 0.1) is 31.2 Å². The fourth-order valence-corrected chi connectivity index (χ4v) is 5.34. The maximum absolute atomic E-state index is 13.8. The van der Waals surface area contributed by atoms with Crippen LogP contribution in [-0.4, -0.2) is 52.1 Å². The van der Waals surface area contributed by atoms with Gasteiger partial charge < -0.3 is 14.5 Å². The van der Waals surface area contributed by atoms with Crippen LogP contribution in [0.3, 0.4) is 0 Å². The number of nitrogens with zero attached hydrogens (tertiary/aromatic N) is 5. The first-order valence-corrected chi connectivity index (χ1v) is 11.5. The predicted octanol–water partition coefficient (Wildman–Crippen LogP) is 4.21. The monoisotopic (exact) mass is 485 g/mol. The average Bonchev–Trinajstić information content (AvgIpc) is 3.11. The lowest BCUT2D eigenvalue weighted by Crippen LogP contribution is -2.65. The summed E-state index contributed by atoms with van der Waals surface area (Å²) >= 11 is 6.23. The molecule has 2 aliphatic rings. The maximum atomic E-state index is 13.8. The average molecular weight is 486 g/mol. The second-order valence-electron chi connectivity index (χ2n) is 8.74. The van der Waals surface area contributed by atoms with Gasteiger partial charge in [0.25, 0.3) is 0 Å². The molecule has 3 aromatic heterocycles. The number of hydrogen-bond donors (Lipinski definition) is 0. The predicted molar refractivity (Wildman–Crippen MR) is 131 cm³/mol. The Morgan fingerprint density at radius 3 is 2.63 bits per heavy atom. The molecule has 174 valence electrons. The number of pyridine rings is 3. The Morgan fingerprint density at radius 2 is 1.86 bits per heavy atom. The molecule has 1 aromatic carbocycles. The minimum Gasteiger partial charge on any atom is -0.453 e. The van der Waals surface area contributed by atoms with E-state index in [-0.39, 0.29) is 25.5 Å². The second kappa shape index (κ2) is 8.02. The van der Waals surface area contributed by atoms with Gasteiger partial charge in [0.15, 0.2) is 0 Å². The first-order chi connectivity index (χ1) is 17.0. The van der Waals surface area contributed by atoms with Crippen molar-refractivity contribution in [2.75, 3.05) is 25.1 Å². The van der Waals surface area contributed by atoms with Crippen molar-refractivity contribution in [1.29, 1.82) is 0 Å². The number of fused-ring (bicyclic) bond motifs is 3. The highest BCUT2D eigenvalue weighted by atomic mass is 35.5. The van der Waals surface area contributed by atoms with E-state index in [4.69, 9.17) is 21.3 Å². The van der Waals surface area contributed by atoms with Crippen LogP contribution in [0.4, 0.5) is 10.5 Å². The Morgan fingerprint density at radius 1 is 1.09 bits per heavy atom. The van der Waals surface area contributed by atoms with Crippen molar-refractivity contribution in [3.8, 4) is 11.1 Å². The number of methoxy groups -OCH3 is 1. The van der Waals surface area contributed by atoms with Crippen LogP contribution < -0.4 is 4.90 Å². The van der Waals surface area contributed by atoms with E-state index in [9.17, 15) is 9.59 Å². The maximum Gasteiger partial charge on any atom is 0.409 e. The van der Waals surface area contributed by atoms with Gasteiger partial charge in [-0.25, -0.2) is 4.79 Å². The molecule has 1 spiro atoms. The van der Waals surface area contributed by atoms with E-state index in [1.807, 2.05) is 36.4 Å². The summed E-state index contributed by atoms with van der Waals surface area (Å²) in [6.45, 7) is 0.799. The summed E-state index contributed by atoms with van der Waals surface area (Å²) in [6, 6.07) is 11.4. The molecule has 0 bridgehead atoms. The number of hydrogen-bond acceptors (Lipinski definition) is 6. The van der Waals surface area contributed by atoms with E-state index in [2.05, 4.69) is 9.97 Å². The van der Waals surface area contributed by atoms with E-state index < -0.39 is 11.5 Å². The molecule has 5 heterocycles. The molecular weight excluding hydrogens is 466 g/mol. The zero-order valence-electron chi connectivity index (χ0n) is 18.8. The number of ether oxygens (including phenoxy) is 1. The number of amides is 2. The largest absolute Gasteiger partial charge is 0.453 e. The molecular formula is C26H20ClN5O3. The summed E-state index contributed by atoms with van der Waals surface area (Å²) in [6.07, 6.45) is 8.20. The molecule has 9 heteroatoms. The number of carbonyl (C=O) groups excluding carboxylic acids is 2.